The molecule has 1 saturated heterocycles. The van der Waals surface area contributed by atoms with E-state index in [1.165, 1.54) is 18.8 Å². The Hall–Kier alpha value is -4.04. The van der Waals surface area contributed by atoms with Gasteiger partial charge in [0.2, 0.25) is 0 Å². The Bertz CT molecular complexity index is 1600. The molecule has 38 heavy (non-hydrogen) atoms. The average molecular weight is 534 g/mol. The molecular weight excluding hydrogens is 506 g/mol. The van der Waals surface area contributed by atoms with Gasteiger partial charge in [0, 0.05) is 29.7 Å². The lowest BCUT2D eigenvalue weighted by Crippen LogP contribution is -2.40. The van der Waals surface area contributed by atoms with Crippen molar-refractivity contribution in [2.45, 2.75) is 25.9 Å². The van der Waals surface area contributed by atoms with E-state index in [9.17, 15) is 14.4 Å². The summed E-state index contributed by atoms with van der Waals surface area (Å²) in [5.41, 5.74) is 1.73. The Kier molecular flexibility index (Phi) is 7.24. The minimum Gasteiger partial charge on any atom is -0.493 e. The van der Waals surface area contributed by atoms with Crippen LogP contribution < -0.4 is 20.7 Å². The molecule has 1 aliphatic heterocycles. The standard InChI is InChI=1S/C29H28ClN3O5/c1-37-25-15-23-24(16-26(25)38-2)32(17-20-7-11-22(30)12-8-20)29(36)33(28(23)35)18-19-5-9-21(10-6-19)27(34)31-13-3-4-14-31/h5-12,15-16H,3-4,13-14,17-18H2,1-2H3. The first-order chi connectivity index (χ1) is 18.4. The zero-order chi connectivity index (χ0) is 26.8. The molecule has 0 aliphatic carbocycles. The number of rotatable bonds is 7. The van der Waals surface area contributed by atoms with Crippen molar-refractivity contribution in [2.75, 3.05) is 27.3 Å². The van der Waals surface area contributed by atoms with Gasteiger partial charge in [-0.1, -0.05) is 35.9 Å². The van der Waals surface area contributed by atoms with E-state index in [1.807, 2.05) is 17.0 Å². The summed E-state index contributed by atoms with van der Waals surface area (Å²) in [6.07, 6.45) is 2.04. The highest BCUT2D eigenvalue weighted by molar-refractivity contribution is 6.30. The van der Waals surface area contributed by atoms with Crippen LogP contribution in [0, 0.1) is 0 Å². The Balaban J connectivity index is 1.58. The molecule has 5 rings (SSSR count). The first kappa shape index (κ1) is 25.6. The Morgan fingerprint density at radius 3 is 1.97 bits per heavy atom. The fourth-order valence-corrected chi connectivity index (χ4v) is 4.97. The van der Waals surface area contributed by atoms with Crippen LogP contribution in [0.4, 0.5) is 0 Å². The largest absolute Gasteiger partial charge is 0.493 e. The van der Waals surface area contributed by atoms with E-state index in [1.54, 1.807) is 53.1 Å². The number of amides is 1. The molecule has 0 bridgehead atoms. The third-order valence-corrected chi connectivity index (χ3v) is 7.17. The molecule has 1 aliphatic rings. The van der Waals surface area contributed by atoms with Crippen LogP contribution >= 0.6 is 11.6 Å². The molecular formula is C29H28ClN3O5. The highest BCUT2D eigenvalue weighted by atomic mass is 35.5. The number of methoxy groups -OCH3 is 2. The summed E-state index contributed by atoms with van der Waals surface area (Å²) in [7, 11) is 3.00. The first-order valence-corrected chi connectivity index (χ1v) is 12.8. The van der Waals surface area contributed by atoms with Gasteiger partial charge < -0.3 is 14.4 Å². The lowest BCUT2D eigenvalue weighted by molar-refractivity contribution is 0.0793. The Morgan fingerprint density at radius 2 is 1.37 bits per heavy atom. The van der Waals surface area contributed by atoms with Gasteiger partial charge in [0.15, 0.2) is 11.5 Å². The van der Waals surface area contributed by atoms with Crippen LogP contribution in [0.2, 0.25) is 5.02 Å². The highest BCUT2D eigenvalue weighted by Gasteiger charge is 2.20. The van der Waals surface area contributed by atoms with Gasteiger partial charge in [0.25, 0.3) is 11.5 Å². The lowest BCUT2D eigenvalue weighted by Gasteiger charge is -2.17. The van der Waals surface area contributed by atoms with Crippen molar-refractivity contribution in [1.82, 2.24) is 14.0 Å². The van der Waals surface area contributed by atoms with Gasteiger partial charge in [-0.2, -0.15) is 0 Å². The van der Waals surface area contributed by atoms with Crippen LogP contribution in [0.15, 0.2) is 70.3 Å². The second kappa shape index (κ2) is 10.8. The minimum absolute atomic E-state index is 0.00304. The number of nitrogens with zero attached hydrogens (tertiary/aromatic N) is 3. The van der Waals surface area contributed by atoms with E-state index in [-0.39, 0.29) is 19.0 Å². The van der Waals surface area contributed by atoms with Gasteiger partial charge in [-0.15, -0.1) is 0 Å². The van der Waals surface area contributed by atoms with Crippen molar-refractivity contribution in [1.29, 1.82) is 0 Å². The van der Waals surface area contributed by atoms with Crippen molar-refractivity contribution in [2.24, 2.45) is 0 Å². The molecule has 9 heteroatoms. The van der Waals surface area contributed by atoms with Crippen LogP contribution in [0.25, 0.3) is 10.9 Å². The topological polar surface area (TPSA) is 82.8 Å². The van der Waals surface area contributed by atoms with E-state index in [4.69, 9.17) is 21.1 Å². The number of carbonyl (C=O) groups is 1. The smallest absolute Gasteiger partial charge is 0.332 e. The molecule has 3 aromatic carbocycles. The van der Waals surface area contributed by atoms with Crippen LogP contribution in [-0.2, 0) is 13.1 Å². The fraction of sp³-hybridized carbons (Fsp3) is 0.276. The average Bonchev–Trinajstić information content (AvgIpc) is 3.49. The van der Waals surface area contributed by atoms with Gasteiger partial charge in [-0.25, -0.2) is 4.79 Å². The predicted octanol–water partition coefficient (Wildman–Crippen LogP) is 4.17. The molecule has 1 amide bonds. The van der Waals surface area contributed by atoms with Crippen LogP contribution in [0.5, 0.6) is 11.5 Å². The van der Waals surface area contributed by atoms with E-state index in [0.29, 0.717) is 33.0 Å². The lowest BCUT2D eigenvalue weighted by atomic mass is 10.1. The normalized spacial score (nSPS) is 13.2. The van der Waals surface area contributed by atoms with Crippen molar-refractivity contribution in [3.05, 3.63) is 103 Å². The van der Waals surface area contributed by atoms with Crippen LogP contribution in [-0.4, -0.2) is 47.3 Å². The number of ether oxygens (including phenoxy) is 2. The third kappa shape index (κ3) is 4.91. The summed E-state index contributed by atoms with van der Waals surface area (Å²) < 4.78 is 13.6. The zero-order valence-electron chi connectivity index (χ0n) is 21.3. The summed E-state index contributed by atoms with van der Waals surface area (Å²) in [4.78, 5) is 41.9. The van der Waals surface area contributed by atoms with Crippen molar-refractivity contribution in [3.8, 4) is 11.5 Å². The van der Waals surface area contributed by atoms with E-state index < -0.39 is 11.2 Å². The Labute approximate surface area is 224 Å². The third-order valence-electron chi connectivity index (χ3n) is 6.92. The van der Waals surface area contributed by atoms with Crippen molar-refractivity contribution < 1.29 is 14.3 Å². The second-order valence-corrected chi connectivity index (χ2v) is 9.74. The number of likely N-dealkylation sites (tertiary alicyclic amines) is 1. The number of aromatic nitrogens is 2. The number of hydrogen-bond acceptors (Lipinski definition) is 5. The molecule has 0 unspecified atom stereocenters. The van der Waals surface area contributed by atoms with Crippen LogP contribution in [0.3, 0.4) is 0 Å². The molecule has 1 aromatic heterocycles. The quantitative estimate of drug-likeness (QED) is 0.356. The van der Waals surface area contributed by atoms with E-state index >= 15 is 0 Å². The van der Waals surface area contributed by atoms with Crippen molar-refractivity contribution >= 4 is 28.4 Å². The summed E-state index contributed by atoms with van der Waals surface area (Å²) in [5, 5.41) is 0.922. The monoisotopic (exact) mass is 533 g/mol. The predicted molar refractivity (Wildman–Crippen MR) is 147 cm³/mol. The van der Waals surface area contributed by atoms with Gasteiger partial charge >= 0.3 is 5.69 Å². The maximum absolute atomic E-state index is 13.7. The number of benzene rings is 3. The number of hydrogen-bond donors (Lipinski definition) is 0. The minimum atomic E-state index is -0.457. The summed E-state index contributed by atoms with van der Waals surface area (Å²) in [6.45, 7) is 1.83. The highest BCUT2D eigenvalue weighted by Crippen LogP contribution is 2.30. The van der Waals surface area contributed by atoms with Gasteiger partial charge in [-0.3, -0.25) is 18.7 Å². The summed E-state index contributed by atoms with van der Waals surface area (Å²) >= 11 is 6.05. The molecule has 0 spiro atoms. The maximum Gasteiger partial charge on any atom is 0.332 e. The molecule has 0 radical (unpaired) electrons. The van der Waals surface area contributed by atoms with Gasteiger partial charge in [-0.05, 0) is 54.3 Å². The molecule has 8 nitrogen and oxygen atoms in total. The number of carbonyl (C=O) groups excluding carboxylic acids is 1. The summed E-state index contributed by atoms with van der Waals surface area (Å²) in [6, 6.07) is 17.5. The zero-order valence-corrected chi connectivity index (χ0v) is 22.0. The Morgan fingerprint density at radius 1 is 0.816 bits per heavy atom. The molecule has 4 aromatic rings. The first-order valence-electron chi connectivity index (χ1n) is 12.4. The van der Waals surface area contributed by atoms with E-state index in [0.717, 1.165) is 37.1 Å². The molecule has 196 valence electrons. The number of fused-ring (bicyclic) bond motifs is 1. The summed E-state index contributed by atoms with van der Waals surface area (Å²) in [5.74, 6) is 0.813. The maximum atomic E-state index is 13.7. The van der Waals surface area contributed by atoms with Gasteiger partial charge in [0.1, 0.15) is 0 Å². The van der Waals surface area contributed by atoms with Gasteiger partial charge in [0.05, 0.1) is 38.2 Å². The molecule has 0 atom stereocenters. The SMILES string of the molecule is COc1cc2c(=O)n(Cc3ccc(C(=O)N4CCCC4)cc3)c(=O)n(Cc3ccc(Cl)cc3)c2cc1OC. The fourth-order valence-electron chi connectivity index (χ4n) is 4.85. The van der Waals surface area contributed by atoms with Crippen molar-refractivity contribution in [3.63, 3.8) is 0 Å². The number of halogens is 1. The molecule has 2 heterocycles. The van der Waals surface area contributed by atoms with Crippen LogP contribution in [0.1, 0.15) is 34.3 Å². The second-order valence-electron chi connectivity index (χ2n) is 9.31. The molecule has 0 N–H and O–H groups in total. The molecule has 1 fully saturated rings. The molecule has 0 saturated carbocycles. The van der Waals surface area contributed by atoms with E-state index in [2.05, 4.69) is 0 Å².